The lowest BCUT2D eigenvalue weighted by Crippen LogP contribution is -1.87. The Balaban J connectivity index is 2.77. The van der Waals surface area contributed by atoms with Crippen molar-refractivity contribution in [3.8, 4) is 0 Å². The summed E-state index contributed by atoms with van der Waals surface area (Å²) in [6.07, 6.45) is 0.847. The predicted octanol–water partition coefficient (Wildman–Crippen LogP) is 2.89. The second-order valence-electron chi connectivity index (χ2n) is 3.29. The number of benzene rings is 1. The summed E-state index contributed by atoms with van der Waals surface area (Å²) in [5.41, 5.74) is 8.82. The van der Waals surface area contributed by atoms with E-state index < -0.39 is 0 Å². The van der Waals surface area contributed by atoms with Gasteiger partial charge in [-0.25, -0.2) is 0 Å². The Hall–Kier alpha value is -1.44. The Morgan fingerprint density at radius 2 is 2.15 bits per heavy atom. The average molecular weight is 175 g/mol. The second kappa shape index (κ2) is 2.80. The van der Waals surface area contributed by atoms with Gasteiger partial charge in [-0.2, -0.15) is 0 Å². The van der Waals surface area contributed by atoms with Crippen molar-refractivity contribution in [2.45, 2.75) is 20.3 Å². The van der Waals surface area contributed by atoms with Gasteiger partial charge < -0.3 is 10.2 Å². The maximum atomic E-state index is 5.92. The number of aryl methyl sites for hydroxylation is 2. The number of nitrogens with two attached hydrogens (primary N) is 1. The van der Waals surface area contributed by atoms with Gasteiger partial charge in [0.25, 0.3) is 0 Å². The van der Waals surface area contributed by atoms with Crippen LogP contribution in [0, 0.1) is 6.92 Å². The molecule has 0 aliphatic carbocycles. The van der Waals surface area contributed by atoms with Crippen LogP contribution in [-0.2, 0) is 6.42 Å². The minimum absolute atomic E-state index is 0.793. The van der Waals surface area contributed by atoms with Crippen molar-refractivity contribution in [1.82, 2.24) is 0 Å². The normalized spacial score (nSPS) is 10.9. The van der Waals surface area contributed by atoms with Crippen molar-refractivity contribution in [3.05, 3.63) is 29.5 Å². The van der Waals surface area contributed by atoms with Crippen molar-refractivity contribution in [2.75, 3.05) is 5.73 Å². The summed E-state index contributed by atoms with van der Waals surface area (Å²) >= 11 is 0. The van der Waals surface area contributed by atoms with Gasteiger partial charge in [-0.15, -0.1) is 0 Å². The molecule has 2 rings (SSSR count). The van der Waals surface area contributed by atoms with E-state index in [1.807, 2.05) is 19.1 Å². The van der Waals surface area contributed by atoms with Crippen LogP contribution in [0.4, 0.5) is 5.69 Å². The fraction of sp³-hybridized carbons (Fsp3) is 0.273. The van der Waals surface area contributed by atoms with Crippen molar-refractivity contribution in [1.29, 1.82) is 0 Å². The summed E-state index contributed by atoms with van der Waals surface area (Å²) in [6.45, 7) is 4.10. The molecule has 0 fully saturated rings. The number of anilines is 1. The summed E-state index contributed by atoms with van der Waals surface area (Å²) in [4.78, 5) is 0. The molecule has 13 heavy (non-hydrogen) atoms. The summed E-state index contributed by atoms with van der Waals surface area (Å²) in [5.74, 6) is 0.889. The van der Waals surface area contributed by atoms with Crippen LogP contribution in [0.1, 0.15) is 18.2 Å². The first-order valence-corrected chi connectivity index (χ1v) is 4.50. The smallest absolute Gasteiger partial charge is 0.136 e. The van der Waals surface area contributed by atoms with E-state index in [2.05, 4.69) is 13.0 Å². The van der Waals surface area contributed by atoms with E-state index in [1.165, 1.54) is 5.56 Å². The molecule has 2 aromatic rings. The number of hydrogen-bond acceptors (Lipinski definition) is 2. The van der Waals surface area contributed by atoms with Gasteiger partial charge in [-0.05, 0) is 19.1 Å². The quantitative estimate of drug-likeness (QED) is 0.723. The molecule has 1 aromatic heterocycles. The molecule has 68 valence electrons. The Morgan fingerprint density at radius 1 is 1.38 bits per heavy atom. The summed E-state index contributed by atoms with van der Waals surface area (Å²) < 4.78 is 5.58. The average Bonchev–Trinajstić information content (AvgIpc) is 2.44. The number of fused-ring (bicyclic) bond motifs is 1. The number of furan rings is 1. The van der Waals surface area contributed by atoms with E-state index in [1.54, 1.807) is 0 Å². The van der Waals surface area contributed by atoms with Gasteiger partial charge in [0.2, 0.25) is 0 Å². The van der Waals surface area contributed by atoms with Crippen LogP contribution in [0.2, 0.25) is 0 Å². The van der Waals surface area contributed by atoms with Crippen LogP contribution in [0.5, 0.6) is 0 Å². The van der Waals surface area contributed by atoms with Crippen LogP contribution in [0.15, 0.2) is 22.6 Å². The van der Waals surface area contributed by atoms with Gasteiger partial charge in [-0.3, -0.25) is 0 Å². The second-order valence-corrected chi connectivity index (χ2v) is 3.29. The highest BCUT2D eigenvalue weighted by molar-refractivity contribution is 5.91. The molecule has 0 unspecified atom stereocenters. The molecule has 0 amide bonds. The Labute approximate surface area is 77.3 Å². The first-order valence-electron chi connectivity index (χ1n) is 4.50. The van der Waals surface area contributed by atoms with E-state index >= 15 is 0 Å². The van der Waals surface area contributed by atoms with Gasteiger partial charge in [0.05, 0.1) is 5.69 Å². The van der Waals surface area contributed by atoms with Crippen molar-refractivity contribution in [3.63, 3.8) is 0 Å². The van der Waals surface area contributed by atoms with Crippen molar-refractivity contribution >= 4 is 16.7 Å². The highest BCUT2D eigenvalue weighted by Gasteiger charge is 2.08. The first kappa shape index (κ1) is 8.17. The van der Waals surface area contributed by atoms with Crippen LogP contribution in [0.25, 0.3) is 11.0 Å². The SMILES string of the molecule is CCc1oc2ccc(C)cc2c1N. The number of hydrogen-bond donors (Lipinski definition) is 1. The fourth-order valence-electron chi connectivity index (χ4n) is 1.54. The lowest BCUT2D eigenvalue weighted by atomic mass is 10.1. The molecular formula is C11H13NO. The molecule has 0 aliphatic heterocycles. The highest BCUT2D eigenvalue weighted by Crippen LogP contribution is 2.29. The minimum atomic E-state index is 0.793. The Morgan fingerprint density at radius 3 is 2.85 bits per heavy atom. The van der Waals surface area contributed by atoms with E-state index in [0.717, 1.165) is 28.8 Å². The van der Waals surface area contributed by atoms with Gasteiger partial charge in [0, 0.05) is 11.8 Å². The third-order valence-corrected chi connectivity index (χ3v) is 2.28. The van der Waals surface area contributed by atoms with Gasteiger partial charge in [-0.1, -0.05) is 18.6 Å². The summed E-state index contributed by atoms with van der Waals surface area (Å²) in [5, 5.41) is 1.04. The highest BCUT2D eigenvalue weighted by atomic mass is 16.3. The van der Waals surface area contributed by atoms with E-state index in [9.17, 15) is 0 Å². The molecule has 0 saturated carbocycles. The monoisotopic (exact) mass is 175 g/mol. The molecule has 2 nitrogen and oxygen atoms in total. The van der Waals surface area contributed by atoms with Gasteiger partial charge >= 0.3 is 0 Å². The fourth-order valence-corrected chi connectivity index (χ4v) is 1.54. The predicted molar refractivity (Wildman–Crippen MR) is 54.7 cm³/mol. The third-order valence-electron chi connectivity index (χ3n) is 2.28. The molecule has 2 heteroatoms. The number of rotatable bonds is 1. The lowest BCUT2D eigenvalue weighted by Gasteiger charge is -1.92. The minimum Gasteiger partial charge on any atom is -0.459 e. The molecule has 0 saturated heterocycles. The lowest BCUT2D eigenvalue weighted by molar-refractivity contribution is 0.559. The van der Waals surface area contributed by atoms with Crippen LogP contribution >= 0.6 is 0 Å². The molecule has 0 radical (unpaired) electrons. The van der Waals surface area contributed by atoms with Crippen LogP contribution < -0.4 is 5.73 Å². The standard InChI is InChI=1S/C11H13NO/c1-3-9-11(12)8-6-7(2)4-5-10(8)13-9/h4-6H,3,12H2,1-2H3. The molecule has 1 heterocycles. The maximum absolute atomic E-state index is 5.92. The largest absolute Gasteiger partial charge is 0.459 e. The van der Waals surface area contributed by atoms with E-state index in [4.69, 9.17) is 10.2 Å². The molecule has 1 aromatic carbocycles. The van der Waals surface area contributed by atoms with Gasteiger partial charge in [0.1, 0.15) is 11.3 Å². The molecular weight excluding hydrogens is 162 g/mol. The van der Waals surface area contributed by atoms with Crippen LogP contribution in [0.3, 0.4) is 0 Å². The van der Waals surface area contributed by atoms with Crippen molar-refractivity contribution in [2.24, 2.45) is 0 Å². The zero-order valence-corrected chi connectivity index (χ0v) is 7.92. The molecule has 2 N–H and O–H groups in total. The number of nitrogen functional groups attached to an aromatic ring is 1. The molecule has 0 atom stereocenters. The zero-order chi connectivity index (χ0) is 9.42. The maximum Gasteiger partial charge on any atom is 0.136 e. The third kappa shape index (κ3) is 1.18. The Kier molecular flexibility index (Phi) is 1.76. The first-order chi connectivity index (χ1) is 6.22. The van der Waals surface area contributed by atoms with Crippen molar-refractivity contribution < 1.29 is 4.42 Å². The summed E-state index contributed by atoms with van der Waals surface area (Å²) in [6, 6.07) is 6.07. The molecule has 0 bridgehead atoms. The zero-order valence-electron chi connectivity index (χ0n) is 7.92. The van der Waals surface area contributed by atoms with Crippen LogP contribution in [-0.4, -0.2) is 0 Å². The van der Waals surface area contributed by atoms with Gasteiger partial charge in [0.15, 0.2) is 0 Å². The molecule has 0 aliphatic rings. The topological polar surface area (TPSA) is 39.2 Å². The summed E-state index contributed by atoms with van der Waals surface area (Å²) in [7, 11) is 0. The van der Waals surface area contributed by atoms with E-state index in [0.29, 0.717) is 0 Å². The Bertz CT molecular complexity index is 443. The van der Waals surface area contributed by atoms with E-state index in [-0.39, 0.29) is 0 Å². The molecule has 0 spiro atoms.